The first kappa shape index (κ1) is 16.9. The van der Waals surface area contributed by atoms with Crippen LogP contribution in [-0.2, 0) is 9.59 Å². The molecule has 1 aliphatic carbocycles. The van der Waals surface area contributed by atoms with Crippen LogP contribution in [0.4, 0.5) is 0 Å². The first-order chi connectivity index (χ1) is 11.0. The van der Waals surface area contributed by atoms with E-state index in [1.54, 1.807) is 0 Å². The van der Waals surface area contributed by atoms with E-state index in [4.69, 9.17) is 0 Å². The van der Waals surface area contributed by atoms with E-state index >= 15 is 0 Å². The van der Waals surface area contributed by atoms with Crippen LogP contribution in [0.1, 0.15) is 58.3 Å². The summed E-state index contributed by atoms with van der Waals surface area (Å²) in [5, 5.41) is 10.4. The van der Waals surface area contributed by atoms with E-state index in [0.29, 0.717) is 13.0 Å². The van der Waals surface area contributed by atoms with Gasteiger partial charge >= 0.3 is 0 Å². The molecule has 0 aromatic rings. The molecule has 5 nitrogen and oxygen atoms in total. The summed E-state index contributed by atoms with van der Waals surface area (Å²) < 4.78 is 0. The van der Waals surface area contributed by atoms with Gasteiger partial charge in [-0.05, 0) is 44.7 Å². The minimum absolute atomic E-state index is 0.0199. The fourth-order valence-corrected chi connectivity index (χ4v) is 4.48. The molecule has 0 aromatic heterocycles. The van der Waals surface area contributed by atoms with Crippen molar-refractivity contribution in [3.05, 3.63) is 0 Å². The highest BCUT2D eigenvalue weighted by Crippen LogP contribution is 2.45. The Kier molecular flexibility index (Phi) is 5.07. The lowest BCUT2D eigenvalue weighted by Crippen LogP contribution is -2.45. The number of imide groups is 1. The molecule has 2 aliphatic heterocycles. The molecule has 3 rings (SSSR count). The summed E-state index contributed by atoms with van der Waals surface area (Å²) in [4.78, 5) is 28.7. The number of piperidine rings is 1. The zero-order valence-electron chi connectivity index (χ0n) is 14.3. The van der Waals surface area contributed by atoms with Gasteiger partial charge in [-0.25, -0.2) is 0 Å². The quantitative estimate of drug-likeness (QED) is 0.802. The van der Waals surface area contributed by atoms with Crippen LogP contribution < -0.4 is 0 Å². The molecule has 1 unspecified atom stereocenters. The van der Waals surface area contributed by atoms with Gasteiger partial charge in [0.1, 0.15) is 0 Å². The highest BCUT2D eigenvalue weighted by atomic mass is 16.3. The standard InChI is InChI=1S/C18H30N2O3/c1-14-5-9-19(10-6-14)12-15(21)13-20-16(22)11-18(17(20)23)7-3-2-4-8-18/h14-15,21H,2-13H2,1H3. The number of likely N-dealkylation sites (tertiary alicyclic amines) is 2. The summed E-state index contributed by atoms with van der Waals surface area (Å²) in [6.45, 7) is 5.01. The van der Waals surface area contributed by atoms with Crippen LogP contribution in [-0.4, -0.2) is 59.0 Å². The predicted octanol–water partition coefficient (Wildman–Crippen LogP) is 1.79. The van der Waals surface area contributed by atoms with Crippen molar-refractivity contribution in [3.8, 4) is 0 Å². The van der Waals surface area contributed by atoms with Crippen molar-refractivity contribution in [3.63, 3.8) is 0 Å². The summed E-state index contributed by atoms with van der Waals surface area (Å²) in [6, 6.07) is 0. The molecule has 23 heavy (non-hydrogen) atoms. The molecule has 1 N–H and O–H groups in total. The van der Waals surface area contributed by atoms with Gasteiger partial charge in [-0.15, -0.1) is 0 Å². The fraction of sp³-hybridized carbons (Fsp3) is 0.889. The first-order valence-electron chi connectivity index (χ1n) is 9.25. The topological polar surface area (TPSA) is 60.9 Å². The molecule has 130 valence electrons. The Balaban J connectivity index is 1.54. The van der Waals surface area contributed by atoms with Gasteiger partial charge in [0.25, 0.3) is 0 Å². The highest BCUT2D eigenvalue weighted by Gasteiger charge is 2.51. The second-order valence-corrected chi connectivity index (χ2v) is 7.96. The van der Waals surface area contributed by atoms with Gasteiger partial charge in [0.15, 0.2) is 0 Å². The van der Waals surface area contributed by atoms with Crippen molar-refractivity contribution in [1.82, 2.24) is 9.80 Å². The van der Waals surface area contributed by atoms with Gasteiger partial charge in [-0.1, -0.05) is 26.2 Å². The van der Waals surface area contributed by atoms with Crippen molar-refractivity contribution in [1.29, 1.82) is 0 Å². The molecule has 5 heteroatoms. The number of hydrogen-bond donors (Lipinski definition) is 1. The molecule has 1 saturated carbocycles. The average Bonchev–Trinajstić information content (AvgIpc) is 2.75. The summed E-state index contributed by atoms with van der Waals surface area (Å²) in [5.74, 6) is 0.660. The Morgan fingerprint density at radius 2 is 1.78 bits per heavy atom. The third-order valence-corrected chi connectivity index (χ3v) is 6.04. The van der Waals surface area contributed by atoms with Crippen LogP contribution in [0.5, 0.6) is 0 Å². The van der Waals surface area contributed by atoms with Gasteiger partial charge < -0.3 is 10.0 Å². The average molecular weight is 322 g/mol. The Labute approximate surface area is 139 Å². The monoisotopic (exact) mass is 322 g/mol. The zero-order chi connectivity index (χ0) is 16.4. The molecule has 3 fully saturated rings. The molecular weight excluding hydrogens is 292 g/mol. The van der Waals surface area contributed by atoms with Crippen molar-refractivity contribution in [2.75, 3.05) is 26.2 Å². The minimum atomic E-state index is -0.630. The molecular formula is C18H30N2O3. The molecule has 0 aromatic carbocycles. The minimum Gasteiger partial charge on any atom is -0.390 e. The van der Waals surface area contributed by atoms with Crippen molar-refractivity contribution >= 4 is 11.8 Å². The van der Waals surface area contributed by atoms with Crippen LogP contribution >= 0.6 is 0 Å². The lowest BCUT2D eigenvalue weighted by atomic mass is 9.73. The Morgan fingerprint density at radius 3 is 2.43 bits per heavy atom. The maximum atomic E-state index is 12.7. The molecule has 2 amide bonds. The van der Waals surface area contributed by atoms with E-state index in [2.05, 4.69) is 11.8 Å². The van der Waals surface area contributed by atoms with Crippen molar-refractivity contribution in [2.24, 2.45) is 11.3 Å². The first-order valence-corrected chi connectivity index (χ1v) is 9.25. The number of aliphatic hydroxyl groups excluding tert-OH is 1. The van der Waals surface area contributed by atoms with Crippen LogP contribution in [0, 0.1) is 11.3 Å². The lowest BCUT2D eigenvalue weighted by molar-refractivity contribution is -0.144. The third-order valence-electron chi connectivity index (χ3n) is 6.04. The Hall–Kier alpha value is -0.940. The van der Waals surface area contributed by atoms with Crippen LogP contribution in [0.15, 0.2) is 0 Å². The summed E-state index contributed by atoms with van der Waals surface area (Å²) in [5.41, 5.74) is -0.435. The van der Waals surface area contributed by atoms with Crippen molar-refractivity contribution in [2.45, 2.75) is 64.4 Å². The highest BCUT2D eigenvalue weighted by molar-refractivity contribution is 6.05. The number of β-amino-alcohol motifs (C(OH)–C–C–N with tert-alkyl or cyclic N) is 1. The zero-order valence-corrected chi connectivity index (χ0v) is 14.3. The molecule has 3 aliphatic rings. The Bertz CT molecular complexity index is 451. The second kappa shape index (κ2) is 6.89. The van der Waals surface area contributed by atoms with Gasteiger partial charge in [0, 0.05) is 13.0 Å². The molecule has 0 radical (unpaired) electrons. The van der Waals surface area contributed by atoms with Crippen molar-refractivity contribution < 1.29 is 14.7 Å². The molecule has 2 saturated heterocycles. The van der Waals surface area contributed by atoms with E-state index in [1.165, 1.54) is 11.3 Å². The maximum Gasteiger partial charge on any atom is 0.235 e. The number of aliphatic hydroxyl groups is 1. The second-order valence-electron chi connectivity index (χ2n) is 7.96. The van der Waals surface area contributed by atoms with Gasteiger partial charge in [-0.3, -0.25) is 14.5 Å². The van der Waals surface area contributed by atoms with E-state index in [1.807, 2.05) is 0 Å². The van der Waals surface area contributed by atoms with Gasteiger partial charge in [0.05, 0.1) is 18.1 Å². The van der Waals surface area contributed by atoms with Gasteiger partial charge in [-0.2, -0.15) is 0 Å². The van der Waals surface area contributed by atoms with E-state index < -0.39 is 11.5 Å². The number of carbonyl (C=O) groups excluding carboxylic acids is 2. The summed E-state index contributed by atoms with van der Waals surface area (Å²) in [7, 11) is 0. The number of carbonyl (C=O) groups is 2. The molecule has 0 bridgehead atoms. The summed E-state index contributed by atoms with van der Waals surface area (Å²) >= 11 is 0. The lowest BCUT2D eigenvalue weighted by Gasteiger charge is -2.33. The number of amides is 2. The smallest absolute Gasteiger partial charge is 0.235 e. The van der Waals surface area contributed by atoms with E-state index in [-0.39, 0.29) is 18.4 Å². The number of nitrogens with zero attached hydrogens (tertiary/aromatic N) is 2. The summed E-state index contributed by atoms with van der Waals surface area (Å²) in [6.07, 6.45) is 6.99. The van der Waals surface area contributed by atoms with Gasteiger partial charge in [0.2, 0.25) is 11.8 Å². The molecule has 1 atom stereocenters. The maximum absolute atomic E-state index is 12.7. The van der Waals surface area contributed by atoms with Crippen LogP contribution in [0.3, 0.4) is 0 Å². The fourth-order valence-electron chi connectivity index (χ4n) is 4.48. The number of rotatable bonds is 4. The predicted molar refractivity (Wildman–Crippen MR) is 87.7 cm³/mol. The number of hydrogen-bond acceptors (Lipinski definition) is 4. The third kappa shape index (κ3) is 3.61. The normalized spacial score (nSPS) is 27.8. The molecule has 2 heterocycles. The van der Waals surface area contributed by atoms with Crippen LogP contribution in [0.2, 0.25) is 0 Å². The SMILES string of the molecule is CC1CCN(CC(O)CN2C(=O)CC3(CCCCC3)C2=O)CC1. The van der Waals surface area contributed by atoms with E-state index in [9.17, 15) is 14.7 Å². The molecule has 1 spiro atoms. The Morgan fingerprint density at radius 1 is 1.13 bits per heavy atom. The largest absolute Gasteiger partial charge is 0.390 e. The van der Waals surface area contributed by atoms with E-state index in [0.717, 1.165) is 57.5 Å². The van der Waals surface area contributed by atoms with Crippen LogP contribution in [0.25, 0.3) is 0 Å².